The molecule has 24 heavy (non-hydrogen) atoms. The highest BCUT2D eigenvalue weighted by molar-refractivity contribution is 5.65. The van der Waals surface area contributed by atoms with Gasteiger partial charge in [0.15, 0.2) is 0 Å². The molecule has 2 aromatic carbocycles. The van der Waals surface area contributed by atoms with E-state index in [1.165, 1.54) is 60.1 Å². The zero-order valence-corrected chi connectivity index (χ0v) is 13.9. The fourth-order valence-corrected chi connectivity index (χ4v) is 4.34. The van der Waals surface area contributed by atoms with Gasteiger partial charge in [-0.15, -0.1) is 0 Å². The van der Waals surface area contributed by atoms with Gasteiger partial charge < -0.3 is 4.42 Å². The van der Waals surface area contributed by atoms with E-state index >= 15 is 0 Å². The lowest BCUT2D eigenvalue weighted by atomic mass is 9.89. The Balaban J connectivity index is 1.55. The Bertz CT molecular complexity index is 845. The third-order valence-electron chi connectivity index (χ3n) is 5.64. The molecule has 1 heteroatoms. The van der Waals surface area contributed by atoms with Gasteiger partial charge in [0.2, 0.25) is 0 Å². The molecule has 0 N–H and O–H groups in total. The molecule has 0 spiro atoms. The van der Waals surface area contributed by atoms with Gasteiger partial charge in [0.05, 0.1) is 0 Å². The maximum absolute atomic E-state index is 6.53. The van der Waals surface area contributed by atoms with Crippen molar-refractivity contribution in [1.29, 1.82) is 0 Å². The summed E-state index contributed by atoms with van der Waals surface area (Å²) < 4.78 is 6.53. The molecule has 1 saturated carbocycles. The van der Waals surface area contributed by atoms with E-state index in [0.717, 1.165) is 5.76 Å². The highest BCUT2D eigenvalue weighted by atomic mass is 16.3. The number of hydrogen-bond donors (Lipinski definition) is 0. The third-order valence-corrected chi connectivity index (χ3v) is 5.64. The Hall–Kier alpha value is -2.28. The summed E-state index contributed by atoms with van der Waals surface area (Å²) in [6, 6.07) is 21.6. The molecule has 1 nitrogen and oxygen atoms in total. The van der Waals surface area contributed by atoms with E-state index in [1.54, 1.807) is 0 Å². The average Bonchev–Trinajstić information content (AvgIpc) is 3.37. The van der Waals surface area contributed by atoms with Crippen molar-refractivity contribution < 1.29 is 4.42 Å². The van der Waals surface area contributed by atoms with Gasteiger partial charge in [-0.2, -0.15) is 0 Å². The first-order valence-corrected chi connectivity index (χ1v) is 9.16. The van der Waals surface area contributed by atoms with Gasteiger partial charge in [-0.3, -0.25) is 0 Å². The van der Waals surface area contributed by atoms with Crippen LogP contribution in [0.2, 0.25) is 0 Å². The van der Waals surface area contributed by atoms with Gasteiger partial charge in [0.25, 0.3) is 0 Å². The molecule has 1 fully saturated rings. The summed E-state index contributed by atoms with van der Waals surface area (Å²) in [6.45, 7) is 0. The van der Waals surface area contributed by atoms with Crippen molar-refractivity contribution in [2.75, 3.05) is 0 Å². The third kappa shape index (κ3) is 2.31. The minimum Gasteiger partial charge on any atom is -0.460 e. The van der Waals surface area contributed by atoms with E-state index in [-0.39, 0.29) is 0 Å². The summed E-state index contributed by atoms with van der Waals surface area (Å²) in [5.74, 6) is 3.65. The molecule has 0 bridgehead atoms. The molecular formula is C23H22O. The lowest BCUT2D eigenvalue weighted by Gasteiger charge is -2.12. The van der Waals surface area contributed by atoms with E-state index in [2.05, 4.69) is 60.7 Å². The fraction of sp³-hybridized carbons (Fsp3) is 0.304. The standard InChI is InChI=1S/C23H22O/c1-3-9-16(10-4-1)20-15-21(20)23-19-14-8-7-13-18(19)22(24-23)17-11-5-2-6-12-17/h1-6,9-12,20-21H,7-8,13-15H2/t20-,21+/m0/s1. The van der Waals surface area contributed by atoms with E-state index in [0.29, 0.717) is 11.8 Å². The number of rotatable bonds is 3. The molecular weight excluding hydrogens is 292 g/mol. The van der Waals surface area contributed by atoms with Crippen LogP contribution in [0.5, 0.6) is 0 Å². The van der Waals surface area contributed by atoms with E-state index < -0.39 is 0 Å². The predicted octanol–water partition coefficient (Wildman–Crippen LogP) is 6.10. The maximum atomic E-state index is 6.53. The van der Waals surface area contributed by atoms with Crippen LogP contribution in [0.25, 0.3) is 11.3 Å². The van der Waals surface area contributed by atoms with Crippen molar-refractivity contribution in [2.24, 2.45) is 0 Å². The Morgan fingerprint density at radius 3 is 2.12 bits per heavy atom. The monoisotopic (exact) mass is 314 g/mol. The fourth-order valence-electron chi connectivity index (χ4n) is 4.34. The van der Waals surface area contributed by atoms with Gasteiger partial charge >= 0.3 is 0 Å². The topological polar surface area (TPSA) is 13.1 Å². The summed E-state index contributed by atoms with van der Waals surface area (Å²) in [4.78, 5) is 0. The normalized spacial score (nSPS) is 22.2. The summed E-state index contributed by atoms with van der Waals surface area (Å²) in [5.41, 5.74) is 5.72. The van der Waals surface area contributed by atoms with E-state index in [1.807, 2.05) is 0 Å². The number of furan rings is 1. The first-order chi connectivity index (χ1) is 11.9. The number of benzene rings is 2. The van der Waals surface area contributed by atoms with Gasteiger partial charge in [-0.25, -0.2) is 0 Å². The molecule has 2 atom stereocenters. The minimum atomic E-state index is 0.580. The summed E-state index contributed by atoms with van der Waals surface area (Å²) in [6.07, 6.45) is 6.19. The van der Waals surface area contributed by atoms with Crippen LogP contribution in [0.1, 0.15) is 53.5 Å². The van der Waals surface area contributed by atoms with Crippen LogP contribution >= 0.6 is 0 Å². The van der Waals surface area contributed by atoms with Gasteiger partial charge in [-0.05, 0) is 49.1 Å². The summed E-state index contributed by atoms with van der Waals surface area (Å²) in [7, 11) is 0. The van der Waals surface area contributed by atoms with Gasteiger partial charge in [-0.1, -0.05) is 60.7 Å². The van der Waals surface area contributed by atoms with Crippen LogP contribution in [0, 0.1) is 0 Å². The first kappa shape index (κ1) is 14.1. The Kier molecular flexibility index (Phi) is 3.33. The van der Waals surface area contributed by atoms with Crippen molar-refractivity contribution in [3.8, 4) is 11.3 Å². The van der Waals surface area contributed by atoms with Crippen LogP contribution in [-0.4, -0.2) is 0 Å². The van der Waals surface area contributed by atoms with Crippen molar-refractivity contribution in [3.63, 3.8) is 0 Å². The molecule has 2 aliphatic rings. The molecule has 2 aliphatic carbocycles. The largest absolute Gasteiger partial charge is 0.460 e. The average molecular weight is 314 g/mol. The quantitative estimate of drug-likeness (QED) is 0.569. The first-order valence-electron chi connectivity index (χ1n) is 9.16. The van der Waals surface area contributed by atoms with Crippen LogP contribution in [0.4, 0.5) is 0 Å². The van der Waals surface area contributed by atoms with Crippen molar-refractivity contribution in [2.45, 2.75) is 43.9 Å². The molecule has 0 aliphatic heterocycles. The predicted molar refractivity (Wildman–Crippen MR) is 97.3 cm³/mol. The SMILES string of the molecule is c1ccc(-c2oc([C@@H]3C[C@H]3c3ccccc3)c3c2CCCC3)cc1. The highest BCUT2D eigenvalue weighted by Crippen LogP contribution is 2.57. The van der Waals surface area contributed by atoms with Crippen molar-refractivity contribution >= 4 is 0 Å². The molecule has 0 saturated heterocycles. The zero-order valence-electron chi connectivity index (χ0n) is 13.9. The van der Waals surface area contributed by atoms with Gasteiger partial charge in [0, 0.05) is 17.0 Å². The Morgan fingerprint density at radius 1 is 0.708 bits per heavy atom. The van der Waals surface area contributed by atoms with Crippen LogP contribution in [-0.2, 0) is 12.8 Å². The lowest BCUT2D eigenvalue weighted by Crippen LogP contribution is -2.02. The molecule has 1 heterocycles. The molecule has 0 amide bonds. The second kappa shape index (κ2) is 5.66. The lowest BCUT2D eigenvalue weighted by molar-refractivity contribution is 0.516. The molecule has 0 radical (unpaired) electrons. The van der Waals surface area contributed by atoms with Crippen LogP contribution in [0.15, 0.2) is 65.1 Å². The molecule has 0 unspecified atom stereocenters. The number of fused-ring (bicyclic) bond motifs is 1. The smallest absolute Gasteiger partial charge is 0.137 e. The zero-order chi connectivity index (χ0) is 15.9. The van der Waals surface area contributed by atoms with Gasteiger partial charge in [0.1, 0.15) is 11.5 Å². The van der Waals surface area contributed by atoms with E-state index in [4.69, 9.17) is 4.42 Å². The summed E-state index contributed by atoms with van der Waals surface area (Å²) in [5, 5.41) is 0. The Morgan fingerprint density at radius 2 is 1.38 bits per heavy atom. The molecule has 5 rings (SSSR count). The molecule has 1 aromatic heterocycles. The number of hydrogen-bond acceptors (Lipinski definition) is 1. The second-order valence-electron chi connectivity index (χ2n) is 7.19. The highest BCUT2D eigenvalue weighted by Gasteiger charge is 2.44. The molecule has 3 aromatic rings. The van der Waals surface area contributed by atoms with Crippen molar-refractivity contribution in [3.05, 3.63) is 83.1 Å². The van der Waals surface area contributed by atoms with E-state index in [9.17, 15) is 0 Å². The van der Waals surface area contributed by atoms with Crippen LogP contribution < -0.4 is 0 Å². The second-order valence-corrected chi connectivity index (χ2v) is 7.19. The Labute approximate surface area is 143 Å². The van der Waals surface area contributed by atoms with Crippen molar-refractivity contribution in [1.82, 2.24) is 0 Å². The summed E-state index contributed by atoms with van der Waals surface area (Å²) >= 11 is 0. The molecule has 120 valence electrons. The minimum absolute atomic E-state index is 0.580. The maximum Gasteiger partial charge on any atom is 0.137 e. The van der Waals surface area contributed by atoms with Crippen LogP contribution in [0.3, 0.4) is 0 Å².